The zero-order chi connectivity index (χ0) is 18.4. The van der Waals surface area contributed by atoms with Crippen LogP contribution in [0, 0.1) is 0 Å². The van der Waals surface area contributed by atoms with E-state index in [4.69, 9.17) is 4.74 Å². The minimum atomic E-state index is -0.613. The molecule has 0 atom stereocenters. The van der Waals surface area contributed by atoms with Crippen molar-refractivity contribution in [2.24, 2.45) is 0 Å². The molecule has 0 unspecified atom stereocenters. The van der Waals surface area contributed by atoms with Gasteiger partial charge in [0, 0.05) is 30.1 Å². The summed E-state index contributed by atoms with van der Waals surface area (Å²) in [6.07, 6.45) is 2.55. The van der Waals surface area contributed by atoms with Gasteiger partial charge in [-0.1, -0.05) is 12.1 Å². The van der Waals surface area contributed by atoms with Crippen LogP contribution < -0.4 is 10.6 Å². The average Bonchev–Trinajstić information content (AvgIpc) is 2.54. The summed E-state index contributed by atoms with van der Waals surface area (Å²) in [6, 6.07) is 7.17. The fraction of sp³-hybridized carbons (Fsp3) is 0.333. The van der Waals surface area contributed by atoms with E-state index in [1.165, 1.54) is 0 Å². The van der Waals surface area contributed by atoms with Crippen LogP contribution in [0.3, 0.4) is 0 Å². The van der Waals surface area contributed by atoms with E-state index in [2.05, 4.69) is 20.6 Å². The van der Waals surface area contributed by atoms with E-state index in [0.29, 0.717) is 12.1 Å². The van der Waals surface area contributed by atoms with Crippen molar-refractivity contribution in [2.45, 2.75) is 33.3 Å². The Morgan fingerprint density at radius 3 is 2.40 bits per heavy atom. The van der Waals surface area contributed by atoms with Gasteiger partial charge in [0.05, 0.1) is 0 Å². The standard InChI is InChI=1S/C18H22N4O3/c1-5-19-15(23)13-8-6-7-12(9-13)14-10-20-16(21-11-14)22-17(24)25-18(2,3)4/h6-11H,5H2,1-4H3,(H,19,23)(H,20,21,22,24). The van der Waals surface area contributed by atoms with Crippen LogP contribution in [0.25, 0.3) is 11.1 Å². The van der Waals surface area contributed by atoms with Crippen molar-refractivity contribution in [2.75, 3.05) is 11.9 Å². The summed E-state index contributed by atoms with van der Waals surface area (Å²) in [7, 11) is 0. The maximum atomic E-state index is 11.9. The lowest BCUT2D eigenvalue weighted by atomic mass is 10.1. The number of anilines is 1. The van der Waals surface area contributed by atoms with Gasteiger partial charge in [-0.05, 0) is 45.4 Å². The van der Waals surface area contributed by atoms with E-state index < -0.39 is 11.7 Å². The van der Waals surface area contributed by atoms with E-state index in [1.807, 2.05) is 13.0 Å². The summed E-state index contributed by atoms with van der Waals surface area (Å²) in [5.74, 6) is 0.0198. The Kier molecular flexibility index (Phi) is 5.69. The minimum Gasteiger partial charge on any atom is -0.444 e. The molecule has 0 aliphatic carbocycles. The lowest BCUT2D eigenvalue weighted by molar-refractivity contribution is 0.0634. The van der Waals surface area contributed by atoms with E-state index in [0.717, 1.165) is 11.1 Å². The predicted octanol–water partition coefficient (Wildman–Crippen LogP) is 3.24. The Balaban J connectivity index is 2.11. The number of hydrogen-bond acceptors (Lipinski definition) is 5. The molecule has 1 aromatic heterocycles. The first-order valence-corrected chi connectivity index (χ1v) is 7.99. The number of carbonyl (C=O) groups excluding carboxylic acids is 2. The van der Waals surface area contributed by atoms with Crippen LogP contribution in [-0.2, 0) is 4.74 Å². The topological polar surface area (TPSA) is 93.2 Å². The molecule has 132 valence electrons. The van der Waals surface area contributed by atoms with Crippen molar-refractivity contribution >= 4 is 17.9 Å². The molecule has 2 N–H and O–H groups in total. The van der Waals surface area contributed by atoms with Crippen molar-refractivity contribution < 1.29 is 14.3 Å². The summed E-state index contributed by atoms with van der Waals surface area (Å²) in [6.45, 7) is 7.76. The maximum absolute atomic E-state index is 11.9. The first-order valence-electron chi connectivity index (χ1n) is 7.99. The second kappa shape index (κ2) is 7.74. The molecule has 7 heteroatoms. The third-order valence-electron chi connectivity index (χ3n) is 3.06. The van der Waals surface area contributed by atoms with Crippen molar-refractivity contribution in [3.63, 3.8) is 0 Å². The number of nitrogens with one attached hydrogen (secondary N) is 2. The van der Waals surface area contributed by atoms with Crippen LogP contribution >= 0.6 is 0 Å². The number of hydrogen-bond donors (Lipinski definition) is 2. The molecule has 2 aromatic rings. The zero-order valence-corrected chi connectivity index (χ0v) is 14.8. The van der Waals surface area contributed by atoms with Crippen LogP contribution in [0.5, 0.6) is 0 Å². The second-order valence-electron chi connectivity index (χ2n) is 6.36. The number of nitrogens with zero attached hydrogens (tertiary/aromatic N) is 2. The number of rotatable bonds is 4. The number of ether oxygens (including phenoxy) is 1. The minimum absolute atomic E-state index is 0.131. The normalized spacial score (nSPS) is 10.9. The molecule has 0 aliphatic heterocycles. The summed E-state index contributed by atoms with van der Waals surface area (Å²) in [4.78, 5) is 31.8. The van der Waals surface area contributed by atoms with Gasteiger partial charge in [-0.2, -0.15) is 0 Å². The highest BCUT2D eigenvalue weighted by Gasteiger charge is 2.17. The maximum Gasteiger partial charge on any atom is 0.414 e. The van der Waals surface area contributed by atoms with Gasteiger partial charge in [0.15, 0.2) is 0 Å². The molecule has 7 nitrogen and oxygen atoms in total. The van der Waals surface area contributed by atoms with Gasteiger partial charge in [0.25, 0.3) is 5.91 Å². The Labute approximate surface area is 146 Å². The fourth-order valence-corrected chi connectivity index (χ4v) is 2.04. The lowest BCUT2D eigenvalue weighted by Gasteiger charge is -2.19. The molecule has 0 spiro atoms. The van der Waals surface area contributed by atoms with Crippen molar-refractivity contribution in [1.82, 2.24) is 15.3 Å². The average molecular weight is 342 g/mol. The summed E-state index contributed by atoms with van der Waals surface area (Å²) < 4.78 is 5.15. The molecule has 1 aromatic carbocycles. The molecule has 1 heterocycles. The van der Waals surface area contributed by atoms with Crippen molar-refractivity contribution in [3.05, 3.63) is 42.2 Å². The molecule has 0 radical (unpaired) electrons. The third kappa shape index (κ3) is 5.56. The van der Waals surface area contributed by atoms with Gasteiger partial charge in [0.2, 0.25) is 5.95 Å². The first kappa shape index (κ1) is 18.4. The number of amides is 2. The Morgan fingerprint density at radius 2 is 1.80 bits per heavy atom. The SMILES string of the molecule is CCNC(=O)c1cccc(-c2cnc(NC(=O)OC(C)(C)C)nc2)c1. The molecule has 0 saturated carbocycles. The van der Waals surface area contributed by atoms with E-state index >= 15 is 0 Å². The quantitative estimate of drug-likeness (QED) is 0.890. The van der Waals surface area contributed by atoms with Crippen LogP contribution in [0.2, 0.25) is 0 Å². The van der Waals surface area contributed by atoms with Gasteiger partial charge in [0.1, 0.15) is 5.60 Å². The van der Waals surface area contributed by atoms with Gasteiger partial charge in [-0.15, -0.1) is 0 Å². The summed E-state index contributed by atoms with van der Waals surface area (Å²) >= 11 is 0. The summed E-state index contributed by atoms with van der Waals surface area (Å²) in [5.41, 5.74) is 1.52. The highest BCUT2D eigenvalue weighted by Crippen LogP contribution is 2.20. The molecule has 0 saturated heterocycles. The van der Waals surface area contributed by atoms with Crippen molar-refractivity contribution in [1.29, 1.82) is 0 Å². The lowest BCUT2D eigenvalue weighted by Crippen LogP contribution is -2.27. The summed E-state index contributed by atoms with van der Waals surface area (Å²) in [5, 5.41) is 5.23. The molecular weight excluding hydrogens is 320 g/mol. The highest BCUT2D eigenvalue weighted by atomic mass is 16.6. The monoisotopic (exact) mass is 342 g/mol. The zero-order valence-electron chi connectivity index (χ0n) is 14.8. The molecule has 0 aliphatic rings. The van der Waals surface area contributed by atoms with Crippen molar-refractivity contribution in [3.8, 4) is 11.1 Å². The Morgan fingerprint density at radius 1 is 1.12 bits per heavy atom. The first-order chi connectivity index (χ1) is 11.8. The van der Waals surface area contributed by atoms with Crippen LogP contribution in [0.4, 0.5) is 10.7 Å². The molecule has 0 fully saturated rings. The molecular formula is C18H22N4O3. The van der Waals surface area contributed by atoms with Gasteiger partial charge in [-0.3, -0.25) is 10.1 Å². The predicted molar refractivity (Wildman–Crippen MR) is 95.3 cm³/mol. The fourth-order valence-electron chi connectivity index (χ4n) is 2.04. The highest BCUT2D eigenvalue weighted by molar-refractivity contribution is 5.95. The smallest absolute Gasteiger partial charge is 0.414 e. The van der Waals surface area contributed by atoms with Crippen LogP contribution in [0.1, 0.15) is 38.1 Å². The molecule has 2 amide bonds. The molecule has 25 heavy (non-hydrogen) atoms. The number of carbonyl (C=O) groups is 2. The Bertz CT molecular complexity index is 752. The molecule has 2 rings (SSSR count). The Hall–Kier alpha value is -2.96. The van der Waals surface area contributed by atoms with E-state index in [1.54, 1.807) is 51.4 Å². The molecule has 0 bridgehead atoms. The van der Waals surface area contributed by atoms with Gasteiger partial charge in [-0.25, -0.2) is 14.8 Å². The van der Waals surface area contributed by atoms with E-state index in [-0.39, 0.29) is 11.9 Å². The van der Waals surface area contributed by atoms with E-state index in [9.17, 15) is 9.59 Å². The second-order valence-corrected chi connectivity index (χ2v) is 6.36. The van der Waals surface area contributed by atoms with Gasteiger partial charge >= 0.3 is 6.09 Å². The number of aromatic nitrogens is 2. The van der Waals surface area contributed by atoms with Crippen LogP contribution in [0.15, 0.2) is 36.7 Å². The van der Waals surface area contributed by atoms with Gasteiger partial charge < -0.3 is 10.1 Å². The largest absolute Gasteiger partial charge is 0.444 e. The van der Waals surface area contributed by atoms with Crippen LogP contribution in [-0.4, -0.2) is 34.1 Å². The number of benzene rings is 1. The third-order valence-corrected chi connectivity index (χ3v) is 3.06.